The summed E-state index contributed by atoms with van der Waals surface area (Å²) in [6, 6.07) is 11.6. The van der Waals surface area contributed by atoms with Gasteiger partial charge in [0.05, 0.1) is 0 Å². The molecule has 102 valence electrons. The Bertz CT molecular complexity index is 609. The summed E-state index contributed by atoms with van der Waals surface area (Å²) in [5, 5.41) is 8.73. The smallest absolute Gasteiger partial charge is 0.328 e. The number of carboxylic acid groups (broad SMARTS) is 1. The second-order valence-corrected chi connectivity index (χ2v) is 4.45. The van der Waals surface area contributed by atoms with Gasteiger partial charge in [-0.2, -0.15) is 0 Å². The fourth-order valence-corrected chi connectivity index (χ4v) is 1.99. The van der Waals surface area contributed by atoms with Crippen LogP contribution in [0.3, 0.4) is 0 Å². The summed E-state index contributed by atoms with van der Waals surface area (Å²) in [4.78, 5) is 16.8. The molecule has 0 radical (unpaired) electrons. The van der Waals surface area contributed by atoms with Crippen LogP contribution in [0.2, 0.25) is 0 Å². The first-order valence-corrected chi connectivity index (χ1v) is 6.27. The average molecular weight is 268 g/mol. The van der Waals surface area contributed by atoms with E-state index < -0.39 is 5.97 Å². The lowest BCUT2D eigenvalue weighted by molar-refractivity contribution is -0.131. The van der Waals surface area contributed by atoms with Crippen molar-refractivity contribution >= 4 is 17.7 Å². The van der Waals surface area contributed by atoms with Crippen LogP contribution >= 0.6 is 0 Å². The van der Waals surface area contributed by atoms with Gasteiger partial charge in [-0.15, -0.1) is 0 Å². The van der Waals surface area contributed by atoms with E-state index in [1.807, 2.05) is 49.6 Å². The number of anilines is 1. The lowest BCUT2D eigenvalue weighted by atomic mass is 10.1. The largest absolute Gasteiger partial charge is 0.478 e. The van der Waals surface area contributed by atoms with Gasteiger partial charge in [-0.05, 0) is 29.3 Å². The number of aromatic nitrogens is 1. The third-order valence-electron chi connectivity index (χ3n) is 2.90. The maximum Gasteiger partial charge on any atom is 0.328 e. The number of para-hydroxylation sites is 1. The minimum absolute atomic E-state index is 0.714. The molecule has 0 aliphatic carbocycles. The molecule has 0 saturated carbocycles. The van der Waals surface area contributed by atoms with Crippen LogP contribution in [-0.2, 0) is 11.3 Å². The molecule has 0 bridgehead atoms. The van der Waals surface area contributed by atoms with Crippen LogP contribution < -0.4 is 4.90 Å². The molecule has 1 aromatic carbocycles. The average Bonchev–Trinajstić information content (AvgIpc) is 2.46. The number of pyridine rings is 1. The number of hydrogen-bond acceptors (Lipinski definition) is 3. The Hall–Kier alpha value is -2.62. The molecule has 0 spiro atoms. The van der Waals surface area contributed by atoms with E-state index in [2.05, 4.69) is 9.88 Å². The number of carboxylic acids is 1. The number of carbonyl (C=O) groups is 1. The normalized spacial score (nSPS) is 10.7. The predicted octanol–water partition coefficient (Wildman–Crippen LogP) is 2.82. The molecule has 1 N–H and O–H groups in total. The number of benzene rings is 1. The fourth-order valence-electron chi connectivity index (χ4n) is 1.99. The molecule has 0 aliphatic rings. The third kappa shape index (κ3) is 3.68. The van der Waals surface area contributed by atoms with E-state index in [4.69, 9.17) is 5.11 Å². The van der Waals surface area contributed by atoms with E-state index in [1.165, 1.54) is 0 Å². The van der Waals surface area contributed by atoms with Gasteiger partial charge in [0.2, 0.25) is 0 Å². The molecule has 2 rings (SSSR count). The predicted molar refractivity (Wildman–Crippen MR) is 79.5 cm³/mol. The van der Waals surface area contributed by atoms with Crippen molar-refractivity contribution < 1.29 is 9.90 Å². The van der Waals surface area contributed by atoms with Crippen molar-refractivity contribution in [2.24, 2.45) is 0 Å². The molecule has 20 heavy (non-hydrogen) atoms. The zero-order chi connectivity index (χ0) is 14.4. The molecular weight excluding hydrogens is 252 g/mol. The Morgan fingerprint density at radius 1 is 1.30 bits per heavy atom. The van der Waals surface area contributed by atoms with E-state index in [9.17, 15) is 4.79 Å². The molecule has 0 unspecified atom stereocenters. The van der Waals surface area contributed by atoms with Crippen LogP contribution in [0.25, 0.3) is 6.08 Å². The van der Waals surface area contributed by atoms with Crippen LogP contribution in [0.15, 0.2) is 54.9 Å². The first-order chi connectivity index (χ1) is 9.66. The van der Waals surface area contributed by atoms with Gasteiger partial charge >= 0.3 is 5.97 Å². The van der Waals surface area contributed by atoms with Crippen LogP contribution in [0.5, 0.6) is 0 Å². The number of hydrogen-bond donors (Lipinski definition) is 1. The number of aliphatic carboxylic acids is 1. The van der Waals surface area contributed by atoms with Gasteiger partial charge in [0.1, 0.15) is 0 Å². The van der Waals surface area contributed by atoms with Crippen molar-refractivity contribution in [1.82, 2.24) is 4.98 Å². The summed E-state index contributed by atoms with van der Waals surface area (Å²) in [5.74, 6) is -0.949. The minimum Gasteiger partial charge on any atom is -0.478 e. The van der Waals surface area contributed by atoms with Crippen LogP contribution in [0, 0.1) is 0 Å². The highest BCUT2D eigenvalue weighted by Gasteiger charge is 2.06. The van der Waals surface area contributed by atoms with Crippen LogP contribution in [0.4, 0.5) is 5.69 Å². The molecule has 4 nitrogen and oxygen atoms in total. The SMILES string of the molecule is CN(Cc1cccnc1)c1ccccc1/C=C/C(=O)O. The van der Waals surface area contributed by atoms with Gasteiger partial charge in [0, 0.05) is 37.7 Å². The zero-order valence-electron chi connectivity index (χ0n) is 11.2. The second-order valence-electron chi connectivity index (χ2n) is 4.45. The Balaban J connectivity index is 2.21. The quantitative estimate of drug-likeness (QED) is 0.847. The topological polar surface area (TPSA) is 53.4 Å². The van der Waals surface area contributed by atoms with E-state index in [1.54, 1.807) is 12.3 Å². The molecule has 0 aliphatic heterocycles. The van der Waals surface area contributed by atoms with Crippen LogP contribution in [-0.4, -0.2) is 23.1 Å². The summed E-state index contributed by atoms with van der Waals surface area (Å²) < 4.78 is 0. The van der Waals surface area contributed by atoms with E-state index in [0.717, 1.165) is 22.9 Å². The van der Waals surface area contributed by atoms with E-state index in [-0.39, 0.29) is 0 Å². The molecular formula is C16H16N2O2. The third-order valence-corrected chi connectivity index (χ3v) is 2.90. The van der Waals surface area contributed by atoms with Crippen molar-refractivity contribution in [3.8, 4) is 0 Å². The van der Waals surface area contributed by atoms with Crippen molar-refractivity contribution in [2.75, 3.05) is 11.9 Å². The van der Waals surface area contributed by atoms with Gasteiger partial charge in [0.15, 0.2) is 0 Å². The molecule has 2 aromatic rings. The summed E-state index contributed by atoms with van der Waals surface area (Å²) in [7, 11) is 1.97. The monoisotopic (exact) mass is 268 g/mol. The Morgan fingerprint density at radius 2 is 2.10 bits per heavy atom. The fraction of sp³-hybridized carbons (Fsp3) is 0.125. The molecule has 4 heteroatoms. The molecule has 1 heterocycles. The number of nitrogens with zero attached hydrogens (tertiary/aromatic N) is 2. The maximum atomic E-state index is 10.6. The lowest BCUT2D eigenvalue weighted by Gasteiger charge is -2.21. The Kier molecular flexibility index (Phi) is 4.50. The number of rotatable bonds is 5. The highest BCUT2D eigenvalue weighted by molar-refractivity contribution is 5.86. The van der Waals surface area contributed by atoms with Gasteiger partial charge in [-0.3, -0.25) is 4.98 Å². The van der Waals surface area contributed by atoms with E-state index in [0.29, 0.717) is 6.54 Å². The maximum absolute atomic E-state index is 10.6. The standard InChI is InChI=1S/C16H16N2O2/c1-18(12-13-5-4-10-17-11-13)15-7-3-2-6-14(15)8-9-16(19)20/h2-11H,12H2,1H3,(H,19,20)/b9-8+. The summed E-state index contributed by atoms with van der Waals surface area (Å²) in [5.41, 5.74) is 2.96. The van der Waals surface area contributed by atoms with Gasteiger partial charge in [-0.25, -0.2) is 4.79 Å². The zero-order valence-corrected chi connectivity index (χ0v) is 11.2. The van der Waals surface area contributed by atoms with Crippen LogP contribution in [0.1, 0.15) is 11.1 Å². The first-order valence-electron chi connectivity index (χ1n) is 6.27. The molecule has 0 saturated heterocycles. The van der Waals surface area contributed by atoms with Crippen molar-refractivity contribution in [2.45, 2.75) is 6.54 Å². The summed E-state index contributed by atoms with van der Waals surface area (Å²) >= 11 is 0. The molecule has 0 amide bonds. The summed E-state index contributed by atoms with van der Waals surface area (Å²) in [6.07, 6.45) is 6.33. The van der Waals surface area contributed by atoms with Crippen molar-refractivity contribution in [3.05, 3.63) is 66.0 Å². The Morgan fingerprint density at radius 3 is 2.80 bits per heavy atom. The minimum atomic E-state index is -0.949. The molecule has 1 aromatic heterocycles. The molecule has 0 fully saturated rings. The Labute approximate surface area is 118 Å². The van der Waals surface area contributed by atoms with Crippen molar-refractivity contribution in [1.29, 1.82) is 0 Å². The highest BCUT2D eigenvalue weighted by atomic mass is 16.4. The molecule has 0 atom stereocenters. The van der Waals surface area contributed by atoms with Crippen molar-refractivity contribution in [3.63, 3.8) is 0 Å². The first kappa shape index (κ1) is 13.8. The second kappa shape index (κ2) is 6.52. The van der Waals surface area contributed by atoms with Gasteiger partial charge in [-0.1, -0.05) is 24.3 Å². The highest BCUT2D eigenvalue weighted by Crippen LogP contribution is 2.22. The van der Waals surface area contributed by atoms with E-state index >= 15 is 0 Å². The summed E-state index contributed by atoms with van der Waals surface area (Å²) in [6.45, 7) is 0.714. The lowest BCUT2D eigenvalue weighted by Crippen LogP contribution is -2.17. The van der Waals surface area contributed by atoms with Gasteiger partial charge in [0.25, 0.3) is 0 Å². The van der Waals surface area contributed by atoms with Gasteiger partial charge < -0.3 is 10.0 Å².